The van der Waals surface area contributed by atoms with E-state index in [4.69, 9.17) is 14.4 Å². The van der Waals surface area contributed by atoms with Gasteiger partial charge in [-0.05, 0) is 41.5 Å². The summed E-state index contributed by atoms with van der Waals surface area (Å²) in [7, 11) is 0. The van der Waals surface area contributed by atoms with Crippen molar-refractivity contribution in [3.63, 3.8) is 0 Å². The van der Waals surface area contributed by atoms with Crippen LogP contribution in [0.4, 0.5) is 0 Å². The third kappa shape index (κ3) is 4.75. The fraction of sp³-hybridized carbons (Fsp3) is 0. The molecule has 0 atom stereocenters. The number of hydrogen-bond donors (Lipinski definition) is 0. The third-order valence-electron chi connectivity index (χ3n) is 7.79. The molecule has 0 spiro atoms. The molecule has 0 unspecified atom stereocenters. The normalized spacial score (nSPS) is 11.3. The summed E-state index contributed by atoms with van der Waals surface area (Å²) >= 11 is 0. The molecule has 5 aromatic carbocycles. The van der Waals surface area contributed by atoms with E-state index in [0.717, 1.165) is 72.3 Å². The SMILES string of the molecule is c1ccc(-c2cc(-c3ccc(-c4cncc(-c5ccc6oc7ccccc7c6c5)c4)cc3)nc(-c3ccccc3)n2)cc1. The van der Waals surface area contributed by atoms with Crippen molar-refractivity contribution in [1.82, 2.24) is 15.0 Å². The van der Waals surface area contributed by atoms with Crippen molar-refractivity contribution < 1.29 is 4.42 Å². The van der Waals surface area contributed by atoms with Crippen molar-refractivity contribution in [3.05, 3.63) is 152 Å². The lowest BCUT2D eigenvalue weighted by molar-refractivity contribution is 0.669. The molecule has 3 aromatic heterocycles. The molecule has 0 bridgehead atoms. The van der Waals surface area contributed by atoms with Gasteiger partial charge in [-0.15, -0.1) is 0 Å². The Kier molecular flexibility index (Phi) is 6.08. The molecule has 0 fully saturated rings. The number of benzene rings is 5. The highest BCUT2D eigenvalue weighted by Gasteiger charge is 2.12. The second kappa shape index (κ2) is 10.5. The summed E-state index contributed by atoms with van der Waals surface area (Å²) in [6.45, 7) is 0. The Bertz CT molecular complexity index is 2160. The first kappa shape index (κ1) is 24.9. The minimum atomic E-state index is 0.709. The van der Waals surface area contributed by atoms with Gasteiger partial charge in [-0.3, -0.25) is 4.98 Å². The van der Waals surface area contributed by atoms with Crippen molar-refractivity contribution in [3.8, 4) is 56.2 Å². The number of fused-ring (bicyclic) bond motifs is 3. The lowest BCUT2D eigenvalue weighted by Crippen LogP contribution is -1.95. The summed E-state index contributed by atoms with van der Waals surface area (Å²) in [6, 6.07) is 47.6. The molecule has 0 aliphatic rings. The molecule has 0 amide bonds. The summed E-state index contributed by atoms with van der Waals surface area (Å²) in [5, 5.41) is 2.23. The van der Waals surface area contributed by atoms with E-state index >= 15 is 0 Å². The average molecular weight is 552 g/mol. The standard InChI is InChI=1S/C39H25N3O/c1-3-9-27(10-4-1)35-23-36(42-39(41-35)29-11-5-2-6-12-29)28-17-15-26(16-18-28)31-21-32(25-40-24-31)30-19-20-38-34(22-30)33-13-7-8-14-37(33)43-38/h1-25H. The van der Waals surface area contributed by atoms with Crippen molar-refractivity contribution in [1.29, 1.82) is 0 Å². The van der Waals surface area contributed by atoms with Gasteiger partial charge < -0.3 is 4.42 Å². The first-order chi connectivity index (χ1) is 21.3. The summed E-state index contributed by atoms with van der Waals surface area (Å²) in [6.07, 6.45) is 3.83. The monoisotopic (exact) mass is 551 g/mol. The predicted octanol–water partition coefficient (Wildman–Crippen LogP) is 10.1. The number of pyridine rings is 1. The molecule has 0 saturated heterocycles. The molecule has 0 aliphatic carbocycles. The fourth-order valence-electron chi connectivity index (χ4n) is 5.56. The van der Waals surface area contributed by atoms with Crippen LogP contribution in [0.1, 0.15) is 0 Å². The van der Waals surface area contributed by atoms with Gasteiger partial charge in [-0.1, -0.05) is 109 Å². The molecule has 0 N–H and O–H groups in total. The van der Waals surface area contributed by atoms with Crippen LogP contribution in [0.2, 0.25) is 0 Å². The first-order valence-corrected chi connectivity index (χ1v) is 14.3. The van der Waals surface area contributed by atoms with Crippen molar-refractivity contribution >= 4 is 21.9 Å². The number of aromatic nitrogens is 3. The van der Waals surface area contributed by atoms with Gasteiger partial charge in [0, 0.05) is 51.0 Å². The van der Waals surface area contributed by atoms with E-state index in [9.17, 15) is 0 Å². The summed E-state index contributed by atoms with van der Waals surface area (Å²) in [5.41, 5.74) is 11.0. The Labute approximate surface area is 249 Å². The van der Waals surface area contributed by atoms with Gasteiger partial charge in [0.15, 0.2) is 5.82 Å². The number of nitrogens with zero attached hydrogens (tertiary/aromatic N) is 3. The lowest BCUT2D eigenvalue weighted by Gasteiger charge is -2.10. The Morgan fingerprint density at radius 3 is 1.67 bits per heavy atom. The molecule has 8 rings (SSSR count). The molecule has 8 aromatic rings. The minimum Gasteiger partial charge on any atom is -0.456 e. The molecule has 202 valence electrons. The number of hydrogen-bond acceptors (Lipinski definition) is 4. The zero-order chi connectivity index (χ0) is 28.6. The Hall–Kier alpha value is -5.87. The second-order valence-electron chi connectivity index (χ2n) is 10.5. The summed E-state index contributed by atoms with van der Waals surface area (Å²) in [4.78, 5) is 14.5. The molecular formula is C39H25N3O. The average Bonchev–Trinajstić information content (AvgIpc) is 3.47. The predicted molar refractivity (Wildman–Crippen MR) is 174 cm³/mol. The maximum Gasteiger partial charge on any atom is 0.160 e. The summed E-state index contributed by atoms with van der Waals surface area (Å²) in [5.74, 6) is 0.709. The van der Waals surface area contributed by atoms with Crippen molar-refractivity contribution in [2.24, 2.45) is 0 Å². The van der Waals surface area contributed by atoms with Crippen LogP contribution >= 0.6 is 0 Å². The van der Waals surface area contributed by atoms with E-state index in [2.05, 4.69) is 71.7 Å². The summed E-state index contributed by atoms with van der Waals surface area (Å²) < 4.78 is 6.02. The van der Waals surface area contributed by atoms with Gasteiger partial charge in [0.25, 0.3) is 0 Å². The molecule has 0 saturated carbocycles. The Morgan fingerprint density at radius 1 is 0.372 bits per heavy atom. The molecule has 4 nitrogen and oxygen atoms in total. The van der Waals surface area contributed by atoms with E-state index < -0.39 is 0 Å². The molecule has 43 heavy (non-hydrogen) atoms. The quantitative estimate of drug-likeness (QED) is 0.214. The molecule has 0 aliphatic heterocycles. The van der Waals surface area contributed by atoms with Crippen LogP contribution in [0.25, 0.3) is 78.1 Å². The molecule has 4 heteroatoms. The van der Waals surface area contributed by atoms with Gasteiger partial charge in [0.1, 0.15) is 11.2 Å². The van der Waals surface area contributed by atoms with Gasteiger partial charge >= 0.3 is 0 Å². The van der Waals surface area contributed by atoms with Crippen LogP contribution in [0.5, 0.6) is 0 Å². The van der Waals surface area contributed by atoms with Crippen LogP contribution in [0.3, 0.4) is 0 Å². The van der Waals surface area contributed by atoms with Crippen molar-refractivity contribution in [2.75, 3.05) is 0 Å². The second-order valence-corrected chi connectivity index (χ2v) is 10.5. The zero-order valence-corrected chi connectivity index (χ0v) is 23.2. The van der Waals surface area contributed by atoms with Crippen molar-refractivity contribution in [2.45, 2.75) is 0 Å². The number of para-hydroxylation sites is 1. The third-order valence-corrected chi connectivity index (χ3v) is 7.79. The minimum absolute atomic E-state index is 0.709. The van der Waals surface area contributed by atoms with Gasteiger partial charge in [0.05, 0.1) is 11.4 Å². The van der Waals surface area contributed by atoms with Crippen LogP contribution < -0.4 is 0 Å². The smallest absolute Gasteiger partial charge is 0.160 e. The number of rotatable bonds is 5. The van der Waals surface area contributed by atoms with Gasteiger partial charge in [-0.25, -0.2) is 9.97 Å². The van der Waals surface area contributed by atoms with E-state index in [1.54, 1.807) is 0 Å². The highest BCUT2D eigenvalue weighted by Crippen LogP contribution is 2.34. The van der Waals surface area contributed by atoms with E-state index in [0.29, 0.717) is 5.82 Å². The van der Waals surface area contributed by atoms with E-state index in [1.165, 1.54) is 0 Å². The number of furan rings is 1. The zero-order valence-electron chi connectivity index (χ0n) is 23.2. The van der Waals surface area contributed by atoms with E-state index in [1.807, 2.05) is 85.2 Å². The topological polar surface area (TPSA) is 51.8 Å². The van der Waals surface area contributed by atoms with Crippen LogP contribution in [0, 0.1) is 0 Å². The first-order valence-electron chi connectivity index (χ1n) is 14.3. The fourth-order valence-corrected chi connectivity index (χ4v) is 5.56. The van der Waals surface area contributed by atoms with Crippen LogP contribution in [0.15, 0.2) is 156 Å². The van der Waals surface area contributed by atoms with Crippen LogP contribution in [-0.4, -0.2) is 15.0 Å². The molecular weight excluding hydrogens is 526 g/mol. The Morgan fingerprint density at radius 2 is 0.930 bits per heavy atom. The highest BCUT2D eigenvalue weighted by atomic mass is 16.3. The lowest BCUT2D eigenvalue weighted by atomic mass is 9.99. The highest BCUT2D eigenvalue weighted by molar-refractivity contribution is 6.06. The van der Waals surface area contributed by atoms with Gasteiger partial charge in [0.2, 0.25) is 0 Å². The molecule has 3 heterocycles. The Balaban J connectivity index is 1.15. The molecule has 0 radical (unpaired) electrons. The van der Waals surface area contributed by atoms with E-state index in [-0.39, 0.29) is 0 Å². The van der Waals surface area contributed by atoms with Crippen LogP contribution in [-0.2, 0) is 0 Å². The largest absolute Gasteiger partial charge is 0.456 e. The maximum atomic E-state index is 6.02. The maximum absolute atomic E-state index is 6.02. The van der Waals surface area contributed by atoms with Gasteiger partial charge in [-0.2, -0.15) is 0 Å².